The van der Waals surface area contributed by atoms with Crippen LogP contribution in [0.15, 0.2) is 48.5 Å². The van der Waals surface area contributed by atoms with E-state index >= 15 is 0 Å². The van der Waals surface area contributed by atoms with Gasteiger partial charge in [-0.3, -0.25) is 0 Å². The predicted octanol–water partition coefficient (Wildman–Crippen LogP) is 1.19. The number of hydrogen-bond donors (Lipinski definition) is 1. The van der Waals surface area contributed by atoms with Crippen molar-refractivity contribution in [1.82, 2.24) is 0 Å². The minimum atomic E-state index is -0.298. The highest BCUT2D eigenvalue weighted by atomic mass is 35.5. The van der Waals surface area contributed by atoms with Crippen LogP contribution in [0.2, 0.25) is 0 Å². The number of aryl methyl sites for hydroxylation is 2. The Bertz CT molecular complexity index is 854. The molecule has 2 aromatic carbocycles. The second-order valence-electron chi connectivity index (χ2n) is 9.18. The van der Waals surface area contributed by atoms with E-state index in [1.54, 1.807) is 0 Å². The average molecular weight is 526 g/mol. The maximum absolute atomic E-state index is 11.6. The highest BCUT2D eigenvalue weighted by Gasteiger charge is 2.32. The molecule has 0 saturated carbocycles. The van der Waals surface area contributed by atoms with Crippen LogP contribution in [-0.4, -0.2) is 62.9 Å². The molecule has 0 bridgehead atoms. The third kappa shape index (κ3) is 9.12. The Balaban J connectivity index is 0.00000306. The Morgan fingerprint density at radius 1 is 0.857 bits per heavy atom. The van der Waals surface area contributed by atoms with Gasteiger partial charge in [0.1, 0.15) is 0 Å². The first-order valence-electron chi connectivity index (χ1n) is 11.9. The van der Waals surface area contributed by atoms with Crippen LogP contribution in [0.4, 0.5) is 0 Å². The van der Waals surface area contributed by atoms with Crippen LogP contribution in [0.25, 0.3) is 0 Å². The number of benzene rings is 2. The molecule has 1 fully saturated rings. The van der Waals surface area contributed by atoms with Crippen LogP contribution >= 0.6 is 12.4 Å². The summed E-state index contributed by atoms with van der Waals surface area (Å²) in [7, 11) is 2.81. The lowest BCUT2D eigenvalue weighted by Gasteiger charge is -2.44. The number of likely N-dealkylation sites (tertiary alicyclic amines) is 1. The van der Waals surface area contributed by atoms with Gasteiger partial charge >= 0.3 is 11.9 Å². The zero-order valence-corrected chi connectivity index (χ0v) is 22.3. The van der Waals surface area contributed by atoms with Gasteiger partial charge in [0.25, 0.3) is 0 Å². The molecule has 0 aromatic heterocycles. The molecule has 1 unspecified atom stereocenters. The second-order valence-corrected chi connectivity index (χ2v) is 9.18. The number of rotatable bonds is 10. The maximum atomic E-state index is 11.6. The molecule has 6 nitrogen and oxygen atoms in total. The summed E-state index contributed by atoms with van der Waals surface area (Å²) in [6.45, 7) is 4.47. The number of quaternary nitrogens is 1. The third-order valence-electron chi connectivity index (χ3n) is 6.78. The minimum Gasteiger partial charge on any atom is -1.00 e. The molecule has 0 radical (unpaired) electrons. The summed E-state index contributed by atoms with van der Waals surface area (Å²) in [5.74, 6) is -0.596. The topological polar surface area (TPSA) is 78.6 Å². The normalized spacial score (nSPS) is 16.4. The molecular weight excluding hydrogens is 487 g/mol. The number of carbonyl (C=O) groups excluding carboxylic acids is 2. The van der Waals surface area contributed by atoms with E-state index in [4.69, 9.17) is 15.2 Å². The number of nitrogens with zero attached hydrogens (tertiary/aromatic N) is 1. The fourth-order valence-corrected chi connectivity index (χ4v) is 4.97. The minimum absolute atomic E-state index is 0. The number of ether oxygens (including phenoxy) is 2. The van der Waals surface area contributed by atoms with Crippen LogP contribution in [0.3, 0.4) is 0 Å². The quantitative estimate of drug-likeness (QED) is 0.373. The summed E-state index contributed by atoms with van der Waals surface area (Å²) < 4.78 is 10.6. The van der Waals surface area contributed by atoms with Crippen LogP contribution in [0.5, 0.6) is 0 Å². The summed E-state index contributed by atoms with van der Waals surface area (Å²) in [6, 6.07) is 15.7. The molecule has 2 aromatic rings. The number of esters is 2. The van der Waals surface area contributed by atoms with Gasteiger partial charge in [-0.1, -0.05) is 24.3 Å². The van der Waals surface area contributed by atoms with Crippen LogP contribution in [-0.2, 0) is 22.3 Å². The van der Waals surface area contributed by atoms with Crippen molar-refractivity contribution < 1.29 is 36.0 Å². The van der Waals surface area contributed by atoms with Crippen molar-refractivity contribution in [1.29, 1.82) is 0 Å². The number of methoxy groups -OCH3 is 2. The van der Waals surface area contributed by atoms with Gasteiger partial charge in [-0.15, -0.1) is 12.4 Å². The van der Waals surface area contributed by atoms with E-state index in [1.807, 2.05) is 48.5 Å². The molecule has 1 saturated heterocycles. The van der Waals surface area contributed by atoms with Gasteiger partial charge in [-0.2, -0.15) is 0 Å². The Labute approximate surface area is 221 Å². The molecule has 0 amide bonds. The van der Waals surface area contributed by atoms with E-state index in [0.717, 1.165) is 56.2 Å². The van der Waals surface area contributed by atoms with Crippen molar-refractivity contribution in [2.75, 3.05) is 40.4 Å². The molecule has 194 valence electrons. The monoisotopic (exact) mass is 524 g/mol. The van der Waals surface area contributed by atoms with E-state index in [9.17, 15) is 9.59 Å². The number of carbonyl (C=O) groups is 2. The molecule has 1 aliphatic rings. The molecule has 2 N–H and O–H groups in total. The molecule has 8 heteroatoms. The summed E-state index contributed by atoms with van der Waals surface area (Å²) in [5.41, 5.74) is 10.1. The van der Waals surface area contributed by atoms with Crippen LogP contribution in [0, 0.1) is 0 Å². The van der Waals surface area contributed by atoms with E-state index in [0.29, 0.717) is 11.1 Å². The van der Waals surface area contributed by atoms with Crippen molar-refractivity contribution in [2.24, 2.45) is 5.73 Å². The largest absolute Gasteiger partial charge is 1.00 e. The standard InChI is InChI=1S/C27H37N2O4.2ClH/c1-32-26(30)23-13-9-21(10-14-23)6-3-17-29(19-5-8-25(28)20-29)18-4-7-22-11-15-24(16-12-22)27(31)33-2;;/h9-16,25H,3-8,17-20,28H2,1-2H3;2*1H/q+1;;/p-1. The van der Waals surface area contributed by atoms with E-state index in [1.165, 1.54) is 38.3 Å². The first-order valence-corrected chi connectivity index (χ1v) is 11.9. The Morgan fingerprint density at radius 2 is 1.29 bits per heavy atom. The number of hydrogen-bond acceptors (Lipinski definition) is 5. The Hall–Kier alpha value is -2.12. The summed E-state index contributed by atoms with van der Waals surface area (Å²) in [4.78, 5) is 23.2. The zero-order chi connectivity index (χ0) is 23.7. The Kier molecular flexibility index (Phi) is 13.3. The Morgan fingerprint density at radius 3 is 1.66 bits per heavy atom. The molecule has 35 heavy (non-hydrogen) atoms. The van der Waals surface area contributed by atoms with Crippen LogP contribution < -0.4 is 18.1 Å². The van der Waals surface area contributed by atoms with Gasteiger partial charge in [0.2, 0.25) is 0 Å². The van der Waals surface area contributed by atoms with Crippen molar-refractivity contribution >= 4 is 24.3 Å². The van der Waals surface area contributed by atoms with E-state index in [2.05, 4.69) is 0 Å². The lowest BCUT2D eigenvalue weighted by atomic mass is 9.99. The SMILES string of the molecule is COC(=O)c1ccc(CCC[N+]2(CCCc3ccc(C(=O)OC)cc3)CCCC(N)C2)cc1.Cl.[Cl-]. The predicted molar refractivity (Wildman–Crippen MR) is 136 cm³/mol. The number of halogens is 2. The zero-order valence-electron chi connectivity index (χ0n) is 20.7. The lowest BCUT2D eigenvalue weighted by Crippen LogP contribution is -3.00. The fraction of sp³-hybridized carbons (Fsp3) is 0.481. The molecular formula is C27H38Cl2N2O4. The molecule has 1 heterocycles. The average Bonchev–Trinajstić information content (AvgIpc) is 2.84. The first-order chi connectivity index (χ1) is 15.9. The van der Waals surface area contributed by atoms with Gasteiger partial charge in [0.15, 0.2) is 0 Å². The molecule has 1 atom stereocenters. The summed E-state index contributed by atoms with van der Waals surface area (Å²) >= 11 is 0. The fourth-order valence-electron chi connectivity index (χ4n) is 4.97. The van der Waals surface area contributed by atoms with Gasteiger partial charge < -0.3 is 32.1 Å². The maximum Gasteiger partial charge on any atom is 0.337 e. The molecule has 1 aliphatic heterocycles. The lowest BCUT2D eigenvalue weighted by molar-refractivity contribution is -0.933. The van der Waals surface area contributed by atoms with Crippen molar-refractivity contribution in [3.8, 4) is 0 Å². The second kappa shape index (κ2) is 15.1. The van der Waals surface area contributed by atoms with Gasteiger partial charge in [-0.25, -0.2) is 9.59 Å². The van der Waals surface area contributed by atoms with Crippen molar-refractivity contribution in [2.45, 2.75) is 44.6 Å². The van der Waals surface area contributed by atoms with Gasteiger partial charge in [0, 0.05) is 12.8 Å². The molecule has 3 rings (SSSR count). The summed E-state index contributed by atoms with van der Waals surface area (Å²) in [5, 5.41) is 0. The molecule has 0 aliphatic carbocycles. The highest BCUT2D eigenvalue weighted by Crippen LogP contribution is 2.22. The van der Waals surface area contributed by atoms with Gasteiger partial charge in [0.05, 0.1) is 57.6 Å². The smallest absolute Gasteiger partial charge is 0.337 e. The highest BCUT2D eigenvalue weighted by molar-refractivity contribution is 5.89. The van der Waals surface area contributed by atoms with Crippen molar-refractivity contribution in [3.63, 3.8) is 0 Å². The number of nitrogens with two attached hydrogens (primary N) is 1. The molecule has 0 spiro atoms. The summed E-state index contributed by atoms with van der Waals surface area (Å²) in [6.07, 6.45) is 6.47. The first kappa shape index (κ1) is 30.9. The van der Waals surface area contributed by atoms with Gasteiger partial charge in [-0.05, 0) is 61.1 Å². The number of piperidine rings is 1. The van der Waals surface area contributed by atoms with E-state index < -0.39 is 0 Å². The van der Waals surface area contributed by atoms with Crippen LogP contribution in [0.1, 0.15) is 57.5 Å². The van der Waals surface area contributed by atoms with E-state index in [-0.39, 0.29) is 42.8 Å². The van der Waals surface area contributed by atoms with Crippen molar-refractivity contribution in [3.05, 3.63) is 70.8 Å². The third-order valence-corrected chi connectivity index (χ3v) is 6.78.